The molecule has 4 aromatic rings. The summed E-state index contributed by atoms with van der Waals surface area (Å²) in [6, 6.07) is 17.5. The first-order valence-corrected chi connectivity index (χ1v) is 13.5. The van der Waals surface area contributed by atoms with Crippen molar-refractivity contribution in [3.8, 4) is 5.75 Å². The summed E-state index contributed by atoms with van der Waals surface area (Å²) in [7, 11) is 0. The molecule has 0 bridgehead atoms. The standard InChI is InChI=1S/C28H24Br2FN3O2/c29-21-10-11-25-23(15-21)28(35)34(27(33-25)20-6-2-1-3-7-20)32-16-18-9-12-26(24(30)14-18)36-17-19-5-4-8-22(31)13-19/h4-5,8-16,20H,1-3,6-7,17H2. The van der Waals surface area contributed by atoms with Crippen molar-refractivity contribution >= 4 is 49.0 Å². The highest BCUT2D eigenvalue weighted by atomic mass is 79.9. The van der Waals surface area contributed by atoms with Crippen LogP contribution in [0.1, 0.15) is 55.0 Å². The summed E-state index contributed by atoms with van der Waals surface area (Å²) in [5, 5.41) is 5.13. The molecule has 5 nitrogen and oxygen atoms in total. The van der Waals surface area contributed by atoms with Gasteiger partial charge in [-0.25, -0.2) is 9.37 Å². The lowest BCUT2D eigenvalue weighted by atomic mass is 9.88. The number of aromatic nitrogens is 2. The predicted molar refractivity (Wildman–Crippen MR) is 147 cm³/mol. The molecule has 1 saturated carbocycles. The molecule has 1 heterocycles. The summed E-state index contributed by atoms with van der Waals surface area (Å²) in [4.78, 5) is 18.3. The Morgan fingerprint density at radius 1 is 1.06 bits per heavy atom. The van der Waals surface area contributed by atoms with Crippen LogP contribution in [0.2, 0.25) is 0 Å². The van der Waals surface area contributed by atoms with E-state index in [0.717, 1.165) is 51.6 Å². The SMILES string of the molecule is O=c1c2cc(Br)ccc2nc(C2CCCCC2)n1N=Cc1ccc(OCc2cccc(F)c2)c(Br)c1. The van der Waals surface area contributed by atoms with Gasteiger partial charge < -0.3 is 4.74 Å². The summed E-state index contributed by atoms with van der Waals surface area (Å²) >= 11 is 7.00. The zero-order valence-electron chi connectivity index (χ0n) is 19.5. The van der Waals surface area contributed by atoms with Gasteiger partial charge in [-0.05, 0) is 88.4 Å². The largest absolute Gasteiger partial charge is 0.488 e. The Hall–Kier alpha value is -2.84. The number of rotatable bonds is 6. The van der Waals surface area contributed by atoms with E-state index in [1.807, 2.05) is 36.4 Å². The molecule has 0 unspecified atom stereocenters. The molecular formula is C28H24Br2FN3O2. The molecule has 0 saturated heterocycles. The van der Waals surface area contributed by atoms with Gasteiger partial charge in [0.15, 0.2) is 0 Å². The first-order chi connectivity index (χ1) is 17.5. The van der Waals surface area contributed by atoms with Crippen molar-refractivity contribution < 1.29 is 9.13 Å². The molecule has 1 aliphatic rings. The Balaban J connectivity index is 1.44. The van der Waals surface area contributed by atoms with Crippen molar-refractivity contribution in [3.63, 3.8) is 0 Å². The van der Waals surface area contributed by atoms with E-state index in [0.29, 0.717) is 16.7 Å². The van der Waals surface area contributed by atoms with Gasteiger partial charge in [0.05, 0.1) is 21.6 Å². The third kappa shape index (κ3) is 5.60. The smallest absolute Gasteiger partial charge is 0.282 e. The number of hydrogen-bond acceptors (Lipinski definition) is 4. The van der Waals surface area contributed by atoms with E-state index in [1.165, 1.54) is 23.2 Å². The Labute approximate surface area is 225 Å². The summed E-state index contributed by atoms with van der Waals surface area (Å²) < 4.78 is 22.3. The minimum Gasteiger partial charge on any atom is -0.488 e. The van der Waals surface area contributed by atoms with Crippen molar-refractivity contribution in [2.45, 2.75) is 44.6 Å². The van der Waals surface area contributed by atoms with Crippen LogP contribution >= 0.6 is 31.9 Å². The quantitative estimate of drug-likeness (QED) is 0.211. The third-order valence-corrected chi connectivity index (χ3v) is 7.48. The monoisotopic (exact) mass is 611 g/mol. The fourth-order valence-electron chi connectivity index (χ4n) is 4.53. The first-order valence-electron chi connectivity index (χ1n) is 11.9. The molecule has 0 N–H and O–H groups in total. The lowest BCUT2D eigenvalue weighted by Crippen LogP contribution is -2.25. The minimum absolute atomic E-state index is 0.174. The minimum atomic E-state index is -0.292. The molecular weight excluding hydrogens is 589 g/mol. The predicted octanol–water partition coefficient (Wildman–Crippen LogP) is 7.57. The lowest BCUT2D eigenvalue weighted by molar-refractivity contribution is 0.303. The lowest BCUT2D eigenvalue weighted by Gasteiger charge is -2.22. The van der Waals surface area contributed by atoms with Gasteiger partial charge in [-0.2, -0.15) is 9.78 Å². The molecule has 0 spiro atoms. The topological polar surface area (TPSA) is 56.5 Å². The van der Waals surface area contributed by atoms with Gasteiger partial charge in [0, 0.05) is 10.4 Å². The van der Waals surface area contributed by atoms with Gasteiger partial charge in [0.1, 0.15) is 24.0 Å². The van der Waals surface area contributed by atoms with Crippen molar-refractivity contribution in [1.29, 1.82) is 0 Å². The summed E-state index contributed by atoms with van der Waals surface area (Å²) in [5.74, 6) is 1.27. The van der Waals surface area contributed by atoms with Crippen LogP contribution in [0.5, 0.6) is 5.75 Å². The van der Waals surface area contributed by atoms with E-state index in [1.54, 1.807) is 18.3 Å². The van der Waals surface area contributed by atoms with Crippen LogP contribution in [0.3, 0.4) is 0 Å². The Morgan fingerprint density at radius 3 is 2.67 bits per heavy atom. The number of ether oxygens (including phenoxy) is 1. The summed E-state index contributed by atoms with van der Waals surface area (Å²) in [5.41, 5.74) is 2.07. The molecule has 0 radical (unpaired) electrons. The Bertz CT molecular complexity index is 1500. The average molecular weight is 613 g/mol. The molecule has 0 amide bonds. The van der Waals surface area contributed by atoms with Crippen LogP contribution in [0.15, 0.2) is 79.5 Å². The second-order valence-electron chi connectivity index (χ2n) is 8.94. The van der Waals surface area contributed by atoms with Crippen LogP contribution < -0.4 is 10.3 Å². The molecule has 184 valence electrons. The van der Waals surface area contributed by atoms with E-state index >= 15 is 0 Å². The van der Waals surface area contributed by atoms with E-state index in [9.17, 15) is 9.18 Å². The zero-order chi connectivity index (χ0) is 25.1. The van der Waals surface area contributed by atoms with Crippen LogP contribution in [0, 0.1) is 5.82 Å². The van der Waals surface area contributed by atoms with Crippen LogP contribution in [0.4, 0.5) is 4.39 Å². The molecule has 0 atom stereocenters. The summed E-state index contributed by atoms with van der Waals surface area (Å²) in [6.07, 6.45) is 7.16. The zero-order valence-corrected chi connectivity index (χ0v) is 22.6. The number of nitrogens with zero attached hydrogens (tertiary/aromatic N) is 3. The van der Waals surface area contributed by atoms with Gasteiger partial charge in [0.25, 0.3) is 5.56 Å². The molecule has 1 aliphatic carbocycles. The maximum absolute atomic E-state index is 13.5. The van der Waals surface area contributed by atoms with Crippen LogP contribution in [-0.2, 0) is 6.61 Å². The highest BCUT2D eigenvalue weighted by Crippen LogP contribution is 2.32. The molecule has 3 aromatic carbocycles. The summed E-state index contributed by atoms with van der Waals surface area (Å²) in [6.45, 7) is 0.252. The van der Waals surface area contributed by atoms with E-state index < -0.39 is 0 Å². The third-order valence-electron chi connectivity index (χ3n) is 6.37. The van der Waals surface area contributed by atoms with Gasteiger partial charge >= 0.3 is 0 Å². The highest BCUT2D eigenvalue weighted by Gasteiger charge is 2.22. The van der Waals surface area contributed by atoms with E-state index in [-0.39, 0.29) is 23.9 Å². The van der Waals surface area contributed by atoms with Crippen molar-refractivity contribution in [2.24, 2.45) is 5.10 Å². The maximum atomic E-state index is 13.5. The maximum Gasteiger partial charge on any atom is 0.282 e. The van der Waals surface area contributed by atoms with Crippen LogP contribution in [-0.4, -0.2) is 15.9 Å². The first kappa shape index (κ1) is 24.8. The molecule has 1 aromatic heterocycles. The van der Waals surface area contributed by atoms with Gasteiger partial charge in [-0.3, -0.25) is 4.79 Å². The highest BCUT2D eigenvalue weighted by molar-refractivity contribution is 9.10. The molecule has 0 aliphatic heterocycles. The number of benzene rings is 3. The van der Waals surface area contributed by atoms with Gasteiger partial charge in [-0.1, -0.05) is 47.3 Å². The second kappa shape index (κ2) is 11.0. The van der Waals surface area contributed by atoms with Crippen LogP contribution in [0.25, 0.3) is 10.9 Å². The fourth-order valence-corrected chi connectivity index (χ4v) is 5.40. The van der Waals surface area contributed by atoms with E-state index in [4.69, 9.17) is 9.72 Å². The average Bonchev–Trinajstić information content (AvgIpc) is 2.88. The number of halogens is 3. The van der Waals surface area contributed by atoms with Crippen molar-refractivity contribution in [1.82, 2.24) is 9.66 Å². The molecule has 8 heteroatoms. The van der Waals surface area contributed by atoms with Crippen molar-refractivity contribution in [2.75, 3.05) is 0 Å². The van der Waals surface area contributed by atoms with Crippen molar-refractivity contribution in [3.05, 3.63) is 103 Å². The molecule has 5 rings (SSSR count). The fraction of sp³-hybridized carbons (Fsp3) is 0.250. The van der Waals surface area contributed by atoms with Gasteiger partial charge in [0.2, 0.25) is 0 Å². The van der Waals surface area contributed by atoms with Gasteiger partial charge in [-0.15, -0.1) is 0 Å². The normalized spacial score (nSPS) is 14.5. The molecule has 1 fully saturated rings. The van der Waals surface area contributed by atoms with E-state index in [2.05, 4.69) is 37.0 Å². The number of fused-ring (bicyclic) bond motifs is 1. The number of hydrogen-bond donors (Lipinski definition) is 0. The molecule has 36 heavy (non-hydrogen) atoms. The Kier molecular flexibility index (Phi) is 7.62. The Morgan fingerprint density at radius 2 is 1.89 bits per heavy atom. The second-order valence-corrected chi connectivity index (χ2v) is 10.7.